The van der Waals surface area contributed by atoms with Gasteiger partial charge in [0.2, 0.25) is 0 Å². The largest absolute Gasteiger partial charge is 0.378 e. The number of nitrogens with one attached hydrogen (secondary N) is 1. The van der Waals surface area contributed by atoms with Crippen LogP contribution in [0.1, 0.15) is 16.7 Å². The Kier molecular flexibility index (Phi) is 5.72. The van der Waals surface area contributed by atoms with Crippen molar-refractivity contribution in [2.75, 3.05) is 29.2 Å². The summed E-state index contributed by atoms with van der Waals surface area (Å²) in [4.78, 5) is 29.5. The molecule has 1 N–H and O–H groups in total. The first-order valence-corrected chi connectivity index (χ1v) is 10.4. The molecule has 0 unspecified atom stereocenters. The maximum Gasteiger partial charge on any atom is 0.282 e. The molecule has 0 radical (unpaired) electrons. The van der Waals surface area contributed by atoms with Crippen molar-refractivity contribution in [1.82, 2.24) is 0 Å². The van der Waals surface area contributed by atoms with Gasteiger partial charge in [0.1, 0.15) is 17.3 Å². The van der Waals surface area contributed by atoms with Gasteiger partial charge in [-0.05, 0) is 61.4 Å². The van der Waals surface area contributed by atoms with E-state index < -0.39 is 29.1 Å². The van der Waals surface area contributed by atoms with E-state index in [0.717, 1.165) is 35.0 Å². The SMILES string of the molecule is Cc1ccc(C2=C(Nc3ccc(N(C)C)cc3)C(=O)N(c3cc(F)ccc3F)C2=O)c(C)c1. The van der Waals surface area contributed by atoms with Crippen molar-refractivity contribution in [3.8, 4) is 0 Å². The summed E-state index contributed by atoms with van der Waals surface area (Å²) in [5.74, 6) is -3.09. The minimum atomic E-state index is -0.866. The number of carbonyl (C=O) groups excluding carboxylic acids is 2. The molecule has 4 rings (SSSR count). The molecule has 7 heteroatoms. The number of halogens is 2. The number of hydrogen-bond donors (Lipinski definition) is 1. The van der Waals surface area contributed by atoms with Gasteiger partial charge in [-0.1, -0.05) is 23.8 Å². The van der Waals surface area contributed by atoms with Crippen LogP contribution in [-0.2, 0) is 9.59 Å². The third-order valence-corrected chi connectivity index (χ3v) is 5.54. The summed E-state index contributed by atoms with van der Waals surface area (Å²) in [6, 6.07) is 15.5. The molecule has 0 aliphatic carbocycles. The minimum Gasteiger partial charge on any atom is -0.378 e. The summed E-state index contributed by atoms with van der Waals surface area (Å²) >= 11 is 0. The average Bonchev–Trinajstić information content (AvgIpc) is 3.00. The fourth-order valence-electron chi connectivity index (χ4n) is 3.85. The molecule has 0 spiro atoms. The van der Waals surface area contributed by atoms with Crippen molar-refractivity contribution in [1.29, 1.82) is 0 Å². The molecule has 0 atom stereocenters. The van der Waals surface area contributed by atoms with E-state index in [-0.39, 0.29) is 11.3 Å². The van der Waals surface area contributed by atoms with E-state index in [1.165, 1.54) is 0 Å². The molecule has 1 aliphatic heterocycles. The second kappa shape index (κ2) is 8.50. The predicted molar refractivity (Wildman–Crippen MR) is 126 cm³/mol. The van der Waals surface area contributed by atoms with E-state index in [9.17, 15) is 18.4 Å². The fourth-order valence-corrected chi connectivity index (χ4v) is 3.85. The summed E-state index contributed by atoms with van der Waals surface area (Å²) in [5.41, 5.74) is 3.57. The monoisotopic (exact) mass is 447 g/mol. The van der Waals surface area contributed by atoms with Crippen LogP contribution in [0, 0.1) is 25.5 Å². The zero-order valence-electron chi connectivity index (χ0n) is 18.7. The Morgan fingerprint density at radius 2 is 1.55 bits per heavy atom. The first-order valence-electron chi connectivity index (χ1n) is 10.4. The van der Waals surface area contributed by atoms with E-state index in [0.29, 0.717) is 16.2 Å². The molecule has 1 heterocycles. The van der Waals surface area contributed by atoms with Gasteiger partial charge in [0, 0.05) is 31.5 Å². The second-order valence-corrected chi connectivity index (χ2v) is 8.18. The number of imide groups is 1. The van der Waals surface area contributed by atoms with E-state index >= 15 is 0 Å². The van der Waals surface area contributed by atoms with Crippen LogP contribution in [0.25, 0.3) is 5.57 Å². The molecular weight excluding hydrogens is 424 g/mol. The number of nitrogens with zero attached hydrogens (tertiary/aromatic N) is 2. The van der Waals surface area contributed by atoms with Crippen LogP contribution in [-0.4, -0.2) is 25.9 Å². The second-order valence-electron chi connectivity index (χ2n) is 8.18. The van der Waals surface area contributed by atoms with E-state index in [4.69, 9.17) is 0 Å². The topological polar surface area (TPSA) is 52.7 Å². The molecule has 33 heavy (non-hydrogen) atoms. The minimum absolute atomic E-state index is 0.00761. The van der Waals surface area contributed by atoms with Gasteiger partial charge >= 0.3 is 0 Å². The molecule has 2 amide bonds. The lowest BCUT2D eigenvalue weighted by molar-refractivity contribution is -0.120. The Bertz CT molecular complexity index is 1300. The highest BCUT2D eigenvalue weighted by atomic mass is 19.1. The molecule has 0 saturated carbocycles. The number of rotatable bonds is 5. The summed E-state index contributed by atoms with van der Waals surface area (Å²) in [6.45, 7) is 3.76. The first kappa shape index (κ1) is 22.2. The number of benzene rings is 3. The Hall–Kier alpha value is -4.00. The lowest BCUT2D eigenvalue weighted by atomic mass is 9.97. The summed E-state index contributed by atoms with van der Waals surface area (Å²) in [7, 11) is 3.82. The average molecular weight is 447 g/mol. The van der Waals surface area contributed by atoms with Gasteiger partial charge in [0.25, 0.3) is 11.8 Å². The Balaban J connectivity index is 1.85. The normalized spacial score (nSPS) is 13.7. The molecule has 0 aromatic heterocycles. The quantitative estimate of drug-likeness (QED) is 0.557. The van der Waals surface area contributed by atoms with Gasteiger partial charge in [-0.15, -0.1) is 0 Å². The maximum atomic E-state index is 14.5. The van der Waals surface area contributed by atoms with Crippen LogP contribution >= 0.6 is 0 Å². The lowest BCUT2D eigenvalue weighted by Crippen LogP contribution is -2.33. The van der Waals surface area contributed by atoms with E-state index in [1.54, 1.807) is 18.2 Å². The highest BCUT2D eigenvalue weighted by Crippen LogP contribution is 2.36. The van der Waals surface area contributed by atoms with E-state index in [2.05, 4.69) is 5.32 Å². The molecule has 0 bridgehead atoms. The third-order valence-electron chi connectivity index (χ3n) is 5.54. The Morgan fingerprint density at radius 1 is 0.848 bits per heavy atom. The number of anilines is 3. The smallest absolute Gasteiger partial charge is 0.282 e. The molecule has 5 nitrogen and oxygen atoms in total. The van der Waals surface area contributed by atoms with Crippen LogP contribution in [0.2, 0.25) is 0 Å². The standard InChI is InChI=1S/C26H23F2N3O2/c1-15-5-11-20(16(2)13-15)23-24(29-18-7-9-19(10-8-18)30(3)4)26(33)31(25(23)32)22-14-17(27)6-12-21(22)28/h5-14,29H,1-4H3. The number of amides is 2. The molecular formula is C26H23F2N3O2. The highest BCUT2D eigenvalue weighted by Gasteiger charge is 2.42. The number of aryl methyl sites for hydroxylation is 2. The van der Waals surface area contributed by atoms with Gasteiger partial charge in [-0.2, -0.15) is 0 Å². The molecule has 3 aromatic carbocycles. The molecule has 168 valence electrons. The summed E-state index contributed by atoms with van der Waals surface area (Å²) < 4.78 is 28.4. The van der Waals surface area contributed by atoms with Crippen molar-refractivity contribution in [3.05, 3.63) is 94.7 Å². The van der Waals surface area contributed by atoms with Gasteiger partial charge in [0.05, 0.1) is 11.3 Å². The van der Waals surface area contributed by atoms with Crippen molar-refractivity contribution in [2.45, 2.75) is 13.8 Å². The molecule has 1 aliphatic rings. The van der Waals surface area contributed by atoms with Gasteiger partial charge in [0.15, 0.2) is 0 Å². The number of hydrogen-bond acceptors (Lipinski definition) is 4. The van der Waals surface area contributed by atoms with Crippen LogP contribution < -0.4 is 15.1 Å². The molecule has 3 aromatic rings. The van der Waals surface area contributed by atoms with Crippen LogP contribution in [0.4, 0.5) is 25.8 Å². The van der Waals surface area contributed by atoms with Crippen LogP contribution in [0.3, 0.4) is 0 Å². The zero-order valence-corrected chi connectivity index (χ0v) is 18.7. The molecule has 0 saturated heterocycles. The van der Waals surface area contributed by atoms with Crippen molar-refractivity contribution in [3.63, 3.8) is 0 Å². The maximum absolute atomic E-state index is 14.5. The van der Waals surface area contributed by atoms with Crippen LogP contribution in [0.15, 0.2) is 66.4 Å². The molecule has 0 fully saturated rings. The fraction of sp³-hybridized carbons (Fsp3) is 0.154. The first-order chi connectivity index (χ1) is 15.7. The highest BCUT2D eigenvalue weighted by molar-refractivity contribution is 6.46. The van der Waals surface area contributed by atoms with Crippen molar-refractivity contribution >= 4 is 34.4 Å². The van der Waals surface area contributed by atoms with Crippen molar-refractivity contribution < 1.29 is 18.4 Å². The summed E-state index contributed by atoms with van der Waals surface area (Å²) in [6.07, 6.45) is 0. The number of carbonyl (C=O) groups is 2. The summed E-state index contributed by atoms with van der Waals surface area (Å²) in [5, 5.41) is 3.04. The van der Waals surface area contributed by atoms with Gasteiger partial charge < -0.3 is 10.2 Å². The Morgan fingerprint density at radius 3 is 2.18 bits per heavy atom. The van der Waals surface area contributed by atoms with Gasteiger partial charge in [-0.25, -0.2) is 13.7 Å². The lowest BCUT2D eigenvalue weighted by Gasteiger charge is -2.16. The predicted octanol–water partition coefficient (Wildman–Crippen LogP) is 5.04. The van der Waals surface area contributed by atoms with Crippen LogP contribution in [0.5, 0.6) is 0 Å². The van der Waals surface area contributed by atoms with Gasteiger partial charge in [-0.3, -0.25) is 9.59 Å². The van der Waals surface area contributed by atoms with Crippen molar-refractivity contribution in [2.24, 2.45) is 0 Å². The van der Waals surface area contributed by atoms with E-state index in [1.807, 2.05) is 57.1 Å². The third kappa shape index (κ3) is 4.09. The Labute approximate surface area is 190 Å². The zero-order chi connectivity index (χ0) is 23.9.